The van der Waals surface area contributed by atoms with E-state index in [2.05, 4.69) is 21.2 Å². The molecule has 2 aromatic rings. The van der Waals surface area contributed by atoms with Gasteiger partial charge in [0.05, 0.1) is 12.5 Å². The first-order valence-electron chi connectivity index (χ1n) is 5.30. The van der Waals surface area contributed by atoms with Gasteiger partial charge in [0.25, 0.3) is 5.91 Å². The molecule has 1 aromatic carbocycles. The number of carbonyl (C=O) groups is 1. The van der Waals surface area contributed by atoms with Crippen LogP contribution in [0.3, 0.4) is 0 Å². The van der Waals surface area contributed by atoms with E-state index in [4.69, 9.17) is 4.42 Å². The number of benzene rings is 1. The third-order valence-corrected chi connectivity index (χ3v) is 2.86. The Morgan fingerprint density at radius 2 is 2.24 bits per heavy atom. The van der Waals surface area contributed by atoms with Crippen molar-refractivity contribution in [1.82, 2.24) is 5.32 Å². The van der Waals surface area contributed by atoms with Crippen molar-refractivity contribution in [3.05, 3.63) is 58.5 Å². The summed E-state index contributed by atoms with van der Waals surface area (Å²) in [5.41, 5.74) is 1.74. The molecule has 0 unspecified atom stereocenters. The molecule has 4 heteroatoms. The summed E-state index contributed by atoms with van der Waals surface area (Å²) in [4.78, 5) is 11.8. The monoisotopic (exact) mass is 293 g/mol. The fourth-order valence-corrected chi connectivity index (χ4v) is 1.89. The Morgan fingerprint density at radius 1 is 1.35 bits per heavy atom. The lowest BCUT2D eigenvalue weighted by atomic mass is 10.2. The van der Waals surface area contributed by atoms with Crippen LogP contribution in [-0.2, 0) is 6.42 Å². The number of furan rings is 1. The topological polar surface area (TPSA) is 42.2 Å². The van der Waals surface area contributed by atoms with Crippen LogP contribution in [0.4, 0.5) is 0 Å². The molecule has 0 radical (unpaired) electrons. The van der Waals surface area contributed by atoms with Crippen molar-refractivity contribution in [3.63, 3.8) is 0 Å². The standard InChI is InChI=1S/C13H12BrNO2/c14-12-3-1-2-11(8-12)13(16)15-6-4-10-5-7-17-9-10/h1-3,5,7-9H,4,6H2,(H,15,16). The quantitative estimate of drug-likeness (QED) is 0.942. The highest BCUT2D eigenvalue weighted by molar-refractivity contribution is 9.10. The lowest BCUT2D eigenvalue weighted by Gasteiger charge is -2.04. The Bertz CT molecular complexity index is 494. The zero-order valence-electron chi connectivity index (χ0n) is 9.15. The molecule has 88 valence electrons. The van der Waals surface area contributed by atoms with E-state index in [0.29, 0.717) is 12.1 Å². The molecule has 0 aliphatic carbocycles. The molecule has 0 saturated carbocycles. The summed E-state index contributed by atoms with van der Waals surface area (Å²) in [6.45, 7) is 0.602. The molecule has 1 aromatic heterocycles. The number of hydrogen-bond acceptors (Lipinski definition) is 2. The van der Waals surface area contributed by atoms with Crippen LogP contribution in [0.1, 0.15) is 15.9 Å². The number of amides is 1. The Balaban J connectivity index is 1.85. The third-order valence-electron chi connectivity index (χ3n) is 2.37. The van der Waals surface area contributed by atoms with Crippen molar-refractivity contribution >= 4 is 21.8 Å². The SMILES string of the molecule is O=C(NCCc1ccoc1)c1cccc(Br)c1. The summed E-state index contributed by atoms with van der Waals surface area (Å²) < 4.78 is 5.86. The van der Waals surface area contributed by atoms with Crippen molar-refractivity contribution in [2.75, 3.05) is 6.54 Å². The molecule has 1 N–H and O–H groups in total. The molecule has 1 heterocycles. The molecule has 0 aliphatic rings. The highest BCUT2D eigenvalue weighted by Crippen LogP contribution is 2.11. The third kappa shape index (κ3) is 3.46. The number of halogens is 1. The van der Waals surface area contributed by atoms with Crippen molar-refractivity contribution in [1.29, 1.82) is 0 Å². The second-order valence-corrected chi connectivity index (χ2v) is 4.56. The van der Waals surface area contributed by atoms with Gasteiger partial charge in [0.15, 0.2) is 0 Å². The highest BCUT2D eigenvalue weighted by Gasteiger charge is 2.04. The van der Waals surface area contributed by atoms with E-state index in [1.54, 1.807) is 24.7 Å². The predicted octanol–water partition coefficient (Wildman–Crippen LogP) is 3.01. The van der Waals surface area contributed by atoms with Crippen LogP contribution in [0.25, 0.3) is 0 Å². The largest absolute Gasteiger partial charge is 0.472 e. The molecule has 0 saturated heterocycles. The fourth-order valence-electron chi connectivity index (χ4n) is 1.49. The maximum absolute atomic E-state index is 11.8. The van der Waals surface area contributed by atoms with Gasteiger partial charge in [-0.25, -0.2) is 0 Å². The smallest absolute Gasteiger partial charge is 0.251 e. The van der Waals surface area contributed by atoms with Gasteiger partial charge in [-0.1, -0.05) is 22.0 Å². The van der Waals surface area contributed by atoms with Crippen LogP contribution in [-0.4, -0.2) is 12.5 Å². The van der Waals surface area contributed by atoms with Gasteiger partial charge in [0.1, 0.15) is 0 Å². The first-order chi connectivity index (χ1) is 8.25. The maximum Gasteiger partial charge on any atom is 0.251 e. The van der Waals surface area contributed by atoms with Crippen molar-refractivity contribution in [2.45, 2.75) is 6.42 Å². The summed E-state index contributed by atoms with van der Waals surface area (Å²) in [5.74, 6) is -0.0604. The predicted molar refractivity (Wildman–Crippen MR) is 68.9 cm³/mol. The molecule has 3 nitrogen and oxygen atoms in total. The Kier molecular flexibility index (Phi) is 3.98. The Labute approximate surface area is 108 Å². The minimum Gasteiger partial charge on any atom is -0.472 e. The van der Waals surface area contributed by atoms with Crippen LogP contribution in [0.5, 0.6) is 0 Å². The van der Waals surface area contributed by atoms with Crippen LogP contribution in [0.15, 0.2) is 51.7 Å². The van der Waals surface area contributed by atoms with E-state index in [1.165, 1.54) is 0 Å². The molecule has 17 heavy (non-hydrogen) atoms. The van der Waals surface area contributed by atoms with E-state index in [-0.39, 0.29) is 5.91 Å². The lowest BCUT2D eigenvalue weighted by Crippen LogP contribution is -2.25. The molecular formula is C13H12BrNO2. The normalized spacial score (nSPS) is 10.2. The van der Waals surface area contributed by atoms with Crippen LogP contribution < -0.4 is 5.32 Å². The average Bonchev–Trinajstić information content (AvgIpc) is 2.82. The summed E-state index contributed by atoms with van der Waals surface area (Å²) in [5, 5.41) is 2.86. The maximum atomic E-state index is 11.8. The van der Waals surface area contributed by atoms with Crippen LogP contribution in [0, 0.1) is 0 Å². The van der Waals surface area contributed by atoms with Crippen LogP contribution in [0.2, 0.25) is 0 Å². The number of hydrogen-bond donors (Lipinski definition) is 1. The minimum atomic E-state index is -0.0604. The van der Waals surface area contributed by atoms with Gasteiger partial charge in [-0.2, -0.15) is 0 Å². The minimum absolute atomic E-state index is 0.0604. The van der Waals surface area contributed by atoms with Crippen LogP contribution >= 0.6 is 15.9 Å². The van der Waals surface area contributed by atoms with E-state index < -0.39 is 0 Å². The van der Waals surface area contributed by atoms with E-state index in [9.17, 15) is 4.79 Å². The zero-order valence-corrected chi connectivity index (χ0v) is 10.7. The number of nitrogens with one attached hydrogen (secondary N) is 1. The zero-order chi connectivity index (χ0) is 12.1. The van der Waals surface area contributed by atoms with Gasteiger partial charge in [0.2, 0.25) is 0 Å². The van der Waals surface area contributed by atoms with Gasteiger partial charge in [-0.15, -0.1) is 0 Å². The summed E-state index contributed by atoms with van der Waals surface area (Å²) in [6.07, 6.45) is 4.09. The molecule has 0 bridgehead atoms. The Hall–Kier alpha value is -1.55. The van der Waals surface area contributed by atoms with E-state index >= 15 is 0 Å². The average molecular weight is 294 g/mol. The Morgan fingerprint density at radius 3 is 2.94 bits per heavy atom. The molecule has 1 amide bonds. The molecular weight excluding hydrogens is 282 g/mol. The van der Waals surface area contributed by atoms with Gasteiger partial charge in [-0.05, 0) is 36.2 Å². The number of carbonyl (C=O) groups excluding carboxylic acids is 1. The molecule has 0 aliphatic heterocycles. The summed E-state index contributed by atoms with van der Waals surface area (Å²) in [6, 6.07) is 9.22. The molecule has 0 atom stereocenters. The molecule has 0 spiro atoms. The van der Waals surface area contributed by atoms with Gasteiger partial charge >= 0.3 is 0 Å². The fraction of sp³-hybridized carbons (Fsp3) is 0.154. The van der Waals surface area contributed by atoms with E-state index in [1.807, 2.05) is 18.2 Å². The first kappa shape index (κ1) is 11.9. The van der Waals surface area contributed by atoms with Gasteiger partial charge < -0.3 is 9.73 Å². The molecule has 0 fully saturated rings. The second kappa shape index (κ2) is 5.68. The summed E-state index contributed by atoms with van der Waals surface area (Å²) in [7, 11) is 0. The van der Waals surface area contributed by atoms with E-state index in [0.717, 1.165) is 16.5 Å². The van der Waals surface area contributed by atoms with Crippen molar-refractivity contribution in [2.24, 2.45) is 0 Å². The van der Waals surface area contributed by atoms with Crippen molar-refractivity contribution < 1.29 is 9.21 Å². The van der Waals surface area contributed by atoms with Crippen molar-refractivity contribution in [3.8, 4) is 0 Å². The summed E-state index contributed by atoms with van der Waals surface area (Å²) >= 11 is 3.34. The first-order valence-corrected chi connectivity index (χ1v) is 6.10. The van der Waals surface area contributed by atoms with Gasteiger partial charge in [0, 0.05) is 16.6 Å². The number of rotatable bonds is 4. The second-order valence-electron chi connectivity index (χ2n) is 3.65. The highest BCUT2D eigenvalue weighted by atomic mass is 79.9. The van der Waals surface area contributed by atoms with Gasteiger partial charge in [-0.3, -0.25) is 4.79 Å². The lowest BCUT2D eigenvalue weighted by molar-refractivity contribution is 0.0954. The molecule has 2 rings (SSSR count).